The lowest BCUT2D eigenvalue weighted by molar-refractivity contribution is 0.0366. The Hall–Kier alpha value is -3.25. The SMILES string of the molecule is COCc1c(C(=O)OC(C)C)ncc2[nH]c3cccc(-c4cccnc4)c3c12. The topological polar surface area (TPSA) is 77.1 Å². The summed E-state index contributed by atoms with van der Waals surface area (Å²) < 4.78 is 10.8. The van der Waals surface area contributed by atoms with Gasteiger partial charge in [-0.25, -0.2) is 9.78 Å². The molecule has 3 heterocycles. The first-order valence-electron chi connectivity index (χ1n) is 9.12. The number of pyridine rings is 2. The maximum absolute atomic E-state index is 12.6. The summed E-state index contributed by atoms with van der Waals surface area (Å²) in [7, 11) is 1.60. The Morgan fingerprint density at radius 3 is 2.68 bits per heavy atom. The Morgan fingerprint density at radius 1 is 1.11 bits per heavy atom. The average molecular weight is 375 g/mol. The van der Waals surface area contributed by atoms with E-state index in [1.165, 1.54) is 0 Å². The zero-order valence-corrected chi connectivity index (χ0v) is 16.0. The van der Waals surface area contributed by atoms with E-state index in [-0.39, 0.29) is 18.4 Å². The molecule has 1 N–H and O–H groups in total. The third-order valence-electron chi connectivity index (χ3n) is 4.56. The molecule has 0 bridgehead atoms. The number of hydrogen-bond acceptors (Lipinski definition) is 5. The Balaban J connectivity index is 2.05. The van der Waals surface area contributed by atoms with Crippen LogP contribution in [-0.2, 0) is 16.1 Å². The molecule has 0 fully saturated rings. The van der Waals surface area contributed by atoms with Gasteiger partial charge in [-0.05, 0) is 31.5 Å². The van der Waals surface area contributed by atoms with Gasteiger partial charge in [0.15, 0.2) is 5.69 Å². The number of ether oxygens (including phenoxy) is 2. The van der Waals surface area contributed by atoms with Crippen molar-refractivity contribution in [3.05, 3.63) is 60.2 Å². The summed E-state index contributed by atoms with van der Waals surface area (Å²) in [6.07, 6.45) is 5.03. The number of nitrogens with one attached hydrogen (secondary N) is 1. The number of fused-ring (bicyclic) bond motifs is 3. The summed E-state index contributed by atoms with van der Waals surface area (Å²) in [5.41, 5.74) is 4.84. The van der Waals surface area contributed by atoms with Crippen molar-refractivity contribution < 1.29 is 14.3 Å². The zero-order valence-electron chi connectivity index (χ0n) is 16.0. The zero-order chi connectivity index (χ0) is 19.7. The van der Waals surface area contributed by atoms with Gasteiger partial charge in [0.2, 0.25) is 0 Å². The molecule has 6 heteroatoms. The number of aromatic nitrogens is 3. The number of hydrogen-bond donors (Lipinski definition) is 1. The van der Waals surface area contributed by atoms with Crippen molar-refractivity contribution in [2.24, 2.45) is 0 Å². The first kappa shape index (κ1) is 18.1. The van der Waals surface area contributed by atoms with Gasteiger partial charge in [-0.3, -0.25) is 4.98 Å². The van der Waals surface area contributed by atoms with E-state index in [4.69, 9.17) is 9.47 Å². The molecular weight excluding hydrogens is 354 g/mol. The fourth-order valence-electron chi connectivity index (χ4n) is 3.50. The van der Waals surface area contributed by atoms with Gasteiger partial charge in [-0.1, -0.05) is 18.2 Å². The van der Waals surface area contributed by atoms with Crippen LogP contribution in [0.2, 0.25) is 0 Å². The summed E-state index contributed by atoms with van der Waals surface area (Å²) >= 11 is 0. The van der Waals surface area contributed by atoms with E-state index in [0.29, 0.717) is 5.56 Å². The molecule has 0 amide bonds. The van der Waals surface area contributed by atoms with Gasteiger partial charge in [-0.2, -0.15) is 0 Å². The summed E-state index contributed by atoms with van der Waals surface area (Å²) in [4.78, 5) is 24.7. The number of nitrogens with zero attached hydrogens (tertiary/aromatic N) is 2. The Kier molecular flexibility index (Phi) is 4.79. The molecule has 0 atom stereocenters. The minimum absolute atomic E-state index is 0.227. The second-order valence-corrected chi connectivity index (χ2v) is 6.86. The molecule has 0 saturated heterocycles. The van der Waals surface area contributed by atoms with Crippen molar-refractivity contribution >= 4 is 27.8 Å². The fraction of sp³-hybridized carbons (Fsp3) is 0.227. The number of esters is 1. The molecule has 0 saturated carbocycles. The number of methoxy groups -OCH3 is 1. The number of carbonyl (C=O) groups excluding carboxylic acids is 1. The van der Waals surface area contributed by atoms with Crippen molar-refractivity contribution in [3.8, 4) is 11.1 Å². The molecule has 1 aromatic carbocycles. The molecule has 3 aromatic heterocycles. The van der Waals surface area contributed by atoms with Crippen LogP contribution in [0.25, 0.3) is 32.9 Å². The van der Waals surface area contributed by atoms with Crippen LogP contribution in [0.4, 0.5) is 0 Å². The quantitative estimate of drug-likeness (QED) is 0.520. The molecule has 0 radical (unpaired) electrons. The van der Waals surface area contributed by atoms with Crippen molar-refractivity contribution in [2.75, 3.05) is 7.11 Å². The standard InChI is InChI=1S/C22H21N3O3/c1-13(2)28-22(26)21-16(12-27-3)20-18(11-24-21)25-17-8-4-7-15(19(17)20)14-6-5-9-23-10-14/h4-11,13,25H,12H2,1-3H3. The molecule has 142 valence electrons. The van der Waals surface area contributed by atoms with E-state index < -0.39 is 5.97 Å². The molecule has 0 aliphatic carbocycles. The number of benzene rings is 1. The highest BCUT2D eigenvalue weighted by molar-refractivity contribution is 6.16. The maximum Gasteiger partial charge on any atom is 0.357 e. The second kappa shape index (κ2) is 7.40. The normalized spacial score (nSPS) is 11.4. The van der Waals surface area contributed by atoms with Crippen LogP contribution in [0.5, 0.6) is 0 Å². The van der Waals surface area contributed by atoms with E-state index in [1.54, 1.807) is 19.5 Å². The second-order valence-electron chi connectivity index (χ2n) is 6.86. The first-order valence-corrected chi connectivity index (χ1v) is 9.12. The predicted octanol–water partition coefficient (Wildman–Crippen LogP) is 4.49. The Bertz CT molecular complexity index is 1150. The van der Waals surface area contributed by atoms with E-state index >= 15 is 0 Å². The first-order chi connectivity index (χ1) is 13.6. The highest BCUT2D eigenvalue weighted by atomic mass is 16.5. The molecule has 28 heavy (non-hydrogen) atoms. The molecule has 4 rings (SSSR count). The van der Waals surface area contributed by atoms with Crippen molar-refractivity contribution in [1.29, 1.82) is 0 Å². The Morgan fingerprint density at radius 2 is 1.96 bits per heavy atom. The van der Waals surface area contributed by atoms with Gasteiger partial charge < -0.3 is 14.5 Å². The molecule has 0 unspecified atom stereocenters. The summed E-state index contributed by atoms with van der Waals surface area (Å²) in [5, 5.41) is 1.93. The number of aromatic amines is 1. The largest absolute Gasteiger partial charge is 0.458 e. The lowest BCUT2D eigenvalue weighted by Gasteiger charge is -2.12. The number of H-pyrrole nitrogens is 1. The number of carbonyl (C=O) groups is 1. The summed E-state index contributed by atoms with van der Waals surface area (Å²) in [5.74, 6) is -0.447. The lowest BCUT2D eigenvalue weighted by Crippen LogP contribution is -2.15. The molecule has 6 nitrogen and oxygen atoms in total. The average Bonchev–Trinajstić information content (AvgIpc) is 3.07. The fourth-order valence-corrected chi connectivity index (χ4v) is 3.50. The third-order valence-corrected chi connectivity index (χ3v) is 4.56. The van der Waals surface area contributed by atoms with Crippen LogP contribution >= 0.6 is 0 Å². The van der Waals surface area contributed by atoms with E-state index in [2.05, 4.69) is 21.0 Å². The molecular formula is C22H21N3O3. The lowest BCUT2D eigenvalue weighted by atomic mass is 9.98. The van der Waals surface area contributed by atoms with Crippen LogP contribution in [0, 0.1) is 0 Å². The molecule has 4 aromatic rings. The van der Waals surface area contributed by atoms with Crippen LogP contribution in [0.15, 0.2) is 48.9 Å². The summed E-state index contributed by atoms with van der Waals surface area (Å²) in [6.45, 7) is 3.89. The predicted molar refractivity (Wildman–Crippen MR) is 108 cm³/mol. The van der Waals surface area contributed by atoms with E-state index in [1.807, 2.05) is 44.3 Å². The Labute approximate surface area is 162 Å². The van der Waals surface area contributed by atoms with Gasteiger partial charge in [0, 0.05) is 46.9 Å². The molecule has 0 aliphatic heterocycles. The van der Waals surface area contributed by atoms with E-state index in [9.17, 15) is 4.79 Å². The van der Waals surface area contributed by atoms with Crippen LogP contribution in [0.3, 0.4) is 0 Å². The van der Waals surface area contributed by atoms with Gasteiger partial charge in [-0.15, -0.1) is 0 Å². The van der Waals surface area contributed by atoms with Gasteiger partial charge in [0.25, 0.3) is 0 Å². The smallest absolute Gasteiger partial charge is 0.357 e. The number of rotatable bonds is 5. The minimum Gasteiger partial charge on any atom is -0.458 e. The van der Waals surface area contributed by atoms with Crippen LogP contribution < -0.4 is 0 Å². The van der Waals surface area contributed by atoms with Crippen molar-refractivity contribution in [1.82, 2.24) is 15.0 Å². The highest BCUT2D eigenvalue weighted by Crippen LogP contribution is 2.37. The molecule has 0 aliphatic rings. The third kappa shape index (κ3) is 3.12. The minimum atomic E-state index is -0.447. The maximum atomic E-state index is 12.6. The summed E-state index contributed by atoms with van der Waals surface area (Å²) in [6, 6.07) is 9.99. The highest BCUT2D eigenvalue weighted by Gasteiger charge is 2.22. The van der Waals surface area contributed by atoms with Gasteiger partial charge in [0.1, 0.15) is 0 Å². The van der Waals surface area contributed by atoms with Crippen LogP contribution in [-0.4, -0.2) is 34.1 Å². The van der Waals surface area contributed by atoms with E-state index in [0.717, 1.165) is 32.9 Å². The van der Waals surface area contributed by atoms with Crippen molar-refractivity contribution in [3.63, 3.8) is 0 Å². The van der Waals surface area contributed by atoms with Crippen LogP contribution in [0.1, 0.15) is 29.9 Å². The van der Waals surface area contributed by atoms with Gasteiger partial charge >= 0.3 is 5.97 Å². The molecule has 0 spiro atoms. The van der Waals surface area contributed by atoms with Crippen molar-refractivity contribution in [2.45, 2.75) is 26.6 Å². The van der Waals surface area contributed by atoms with Gasteiger partial charge in [0.05, 0.1) is 24.4 Å². The monoisotopic (exact) mass is 375 g/mol.